The molecule has 0 bridgehead atoms. The van der Waals surface area contributed by atoms with Crippen molar-refractivity contribution in [1.82, 2.24) is 10.2 Å². The maximum atomic E-state index is 11.7. The third kappa shape index (κ3) is 3.41. The Morgan fingerprint density at radius 1 is 1.47 bits per heavy atom. The van der Waals surface area contributed by atoms with Crippen LogP contribution >= 0.6 is 0 Å². The van der Waals surface area contributed by atoms with Gasteiger partial charge >= 0.3 is 6.03 Å². The zero-order valence-electron chi connectivity index (χ0n) is 10.7. The van der Waals surface area contributed by atoms with Gasteiger partial charge in [0.05, 0.1) is 6.04 Å². The van der Waals surface area contributed by atoms with Gasteiger partial charge in [-0.25, -0.2) is 4.79 Å². The predicted octanol–water partition coefficient (Wildman–Crippen LogP) is -0.371. The molecule has 1 aliphatic heterocycles. The van der Waals surface area contributed by atoms with Gasteiger partial charge in [-0.05, 0) is 18.8 Å². The molecule has 98 valence electrons. The number of carbonyl (C=O) groups excluding carboxylic acids is 2. The Hall–Kier alpha value is -1.14. The lowest BCUT2D eigenvalue weighted by Crippen LogP contribution is -2.58. The number of carbonyl (C=O) groups is 2. The summed E-state index contributed by atoms with van der Waals surface area (Å²) in [7, 11) is 0. The molecule has 0 aliphatic carbocycles. The van der Waals surface area contributed by atoms with Crippen molar-refractivity contribution in [3.05, 3.63) is 0 Å². The third-order valence-electron chi connectivity index (χ3n) is 3.52. The summed E-state index contributed by atoms with van der Waals surface area (Å²) < 4.78 is 0. The SMILES string of the molecule is CC(C(=O)NC(N)=O)N1CCC(N)C(C)(C)C1. The molecule has 0 aromatic carbocycles. The average molecular weight is 242 g/mol. The van der Waals surface area contributed by atoms with Crippen LogP contribution in [0.4, 0.5) is 4.79 Å². The van der Waals surface area contributed by atoms with Gasteiger partial charge in [0.25, 0.3) is 0 Å². The molecule has 6 nitrogen and oxygen atoms in total. The molecule has 3 amide bonds. The summed E-state index contributed by atoms with van der Waals surface area (Å²) in [6, 6.07) is -1.03. The number of nitrogens with zero attached hydrogens (tertiary/aromatic N) is 1. The molecule has 0 aromatic heterocycles. The second-order valence-corrected chi connectivity index (χ2v) is 5.38. The number of primary amides is 1. The van der Waals surface area contributed by atoms with E-state index in [0.29, 0.717) is 0 Å². The molecule has 2 atom stereocenters. The van der Waals surface area contributed by atoms with Gasteiger partial charge in [0.15, 0.2) is 0 Å². The van der Waals surface area contributed by atoms with Crippen LogP contribution in [0.5, 0.6) is 0 Å². The van der Waals surface area contributed by atoms with E-state index in [-0.39, 0.29) is 23.4 Å². The lowest BCUT2D eigenvalue weighted by molar-refractivity contribution is -0.126. The van der Waals surface area contributed by atoms with Gasteiger partial charge in [-0.2, -0.15) is 0 Å². The highest BCUT2D eigenvalue weighted by Gasteiger charge is 2.36. The van der Waals surface area contributed by atoms with Gasteiger partial charge in [0.2, 0.25) is 5.91 Å². The second-order valence-electron chi connectivity index (χ2n) is 5.38. The normalized spacial score (nSPS) is 26.2. The number of imide groups is 1. The van der Waals surface area contributed by atoms with Crippen molar-refractivity contribution in [1.29, 1.82) is 0 Å². The molecular formula is C11H22N4O2. The van der Waals surface area contributed by atoms with Crippen molar-refractivity contribution in [2.24, 2.45) is 16.9 Å². The van der Waals surface area contributed by atoms with Crippen molar-refractivity contribution in [3.8, 4) is 0 Å². The van der Waals surface area contributed by atoms with Gasteiger partial charge in [0.1, 0.15) is 0 Å². The number of nitrogens with one attached hydrogen (secondary N) is 1. The van der Waals surface area contributed by atoms with E-state index in [4.69, 9.17) is 11.5 Å². The Kier molecular flexibility index (Phi) is 4.11. The fourth-order valence-corrected chi connectivity index (χ4v) is 2.14. The number of hydrogen-bond donors (Lipinski definition) is 3. The molecule has 1 aliphatic rings. The maximum absolute atomic E-state index is 11.7. The number of rotatable bonds is 2. The minimum atomic E-state index is -0.810. The summed E-state index contributed by atoms with van der Waals surface area (Å²) in [5.74, 6) is -0.358. The minimum absolute atomic E-state index is 0.0283. The van der Waals surface area contributed by atoms with Crippen molar-refractivity contribution in [2.45, 2.75) is 39.3 Å². The Labute approximate surface area is 102 Å². The quantitative estimate of drug-likeness (QED) is 0.615. The Bertz CT molecular complexity index is 317. The molecule has 5 N–H and O–H groups in total. The van der Waals surface area contributed by atoms with Crippen LogP contribution in [0.15, 0.2) is 0 Å². The van der Waals surface area contributed by atoms with Gasteiger partial charge in [-0.1, -0.05) is 13.8 Å². The van der Waals surface area contributed by atoms with Crippen molar-refractivity contribution < 1.29 is 9.59 Å². The highest BCUT2D eigenvalue weighted by molar-refractivity contribution is 5.96. The molecule has 17 heavy (non-hydrogen) atoms. The first-order chi connectivity index (χ1) is 7.74. The number of piperidine rings is 1. The molecule has 0 saturated carbocycles. The number of nitrogens with two attached hydrogens (primary N) is 2. The predicted molar refractivity (Wildman–Crippen MR) is 65.1 cm³/mol. The lowest BCUT2D eigenvalue weighted by atomic mass is 9.79. The number of likely N-dealkylation sites (tertiary alicyclic amines) is 1. The van der Waals surface area contributed by atoms with Crippen LogP contribution in [0.1, 0.15) is 27.2 Å². The van der Waals surface area contributed by atoms with Crippen LogP contribution in [-0.2, 0) is 4.79 Å². The Morgan fingerprint density at radius 3 is 2.53 bits per heavy atom. The summed E-state index contributed by atoms with van der Waals surface area (Å²) in [5, 5.41) is 2.11. The van der Waals surface area contributed by atoms with Gasteiger partial charge in [0, 0.05) is 19.1 Å². The second kappa shape index (κ2) is 5.01. The minimum Gasteiger partial charge on any atom is -0.351 e. The van der Waals surface area contributed by atoms with E-state index in [2.05, 4.69) is 19.2 Å². The van der Waals surface area contributed by atoms with E-state index in [1.807, 2.05) is 4.90 Å². The molecular weight excluding hydrogens is 220 g/mol. The Balaban J connectivity index is 2.62. The highest BCUT2D eigenvalue weighted by Crippen LogP contribution is 2.28. The van der Waals surface area contributed by atoms with Crippen molar-refractivity contribution >= 4 is 11.9 Å². The standard InChI is InChI=1S/C11H22N4O2/c1-7(9(16)14-10(13)17)15-5-4-8(12)11(2,3)6-15/h7-8H,4-6,12H2,1-3H3,(H3,13,14,16,17). The highest BCUT2D eigenvalue weighted by atomic mass is 16.2. The molecule has 1 rings (SSSR count). The number of amides is 3. The van der Waals surface area contributed by atoms with Gasteiger partial charge in [-0.15, -0.1) is 0 Å². The summed E-state index contributed by atoms with van der Waals surface area (Å²) in [6.07, 6.45) is 0.848. The van der Waals surface area contributed by atoms with Crippen LogP contribution in [0.2, 0.25) is 0 Å². The first-order valence-corrected chi connectivity index (χ1v) is 5.84. The summed E-state index contributed by atoms with van der Waals surface area (Å²) >= 11 is 0. The fourth-order valence-electron chi connectivity index (χ4n) is 2.14. The molecule has 6 heteroatoms. The van der Waals surface area contributed by atoms with E-state index in [1.54, 1.807) is 6.92 Å². The number of urea groups is 1. The smallest absolute Gasteiger partial charge is 0.318 e. The molecule has 0 spiro atoms. The molecule has 1 fully saturated rings. The monoisotopic (exact) mass is 242 g/mol. The van der Waals surface area contributed by atoms with Crippen LogP contribution < -0.4 is 16.8 Å². The molecule has 0 radical (unpaired) electrons. The first kappa shape index (κ1) is 13.9. The summed E-state index contributed by atoms with van der Waals surface area (Å²) in [4.78, 5) is 24.3. The van der Waals surface area contributed by atoms with Crippen LogP contribution in [0.3, 0.4) is 0 Å². The zero-order chi connectivity index (χ0) is 13.2. The molecule has 0 aromatic rings. The van der Waals surface area contributed by atoms with Gasteiger partial charge < -0.3 is 11.5 Å². The molecule has 1 heterocycles. The first-order valence-electron chi connectivity index (χ1n) is 5.84. The van der Waals surface area contributed by atoms with E-state index in [9.17, 15) is 9.59 Å². The average Bonchev–Trinajstić information content (AvgIpc) is 2.20. The Morgan fingerprint density at radius 2 is 2.06 bits per heavy atom. The molecule has 1 saturated heterocycles. The van der Waals surface area contributed by atoms with Crippen LogP contribution in [0.25, 0.3) is 0 Å². The summed E-state index contributed by atoms with van der Waals surface area (Å²) in [6.45, 7) is 7.44. The van der Waals surface area contributed by atoms with E-state index in [1.165, 1.54) is 0 Å². The van der Waals surface area contributed by atoms with E-state index < -0.39 is 6.03 Å². The van der Waals surface area contributed by atoms with E-state index >= 15 is 0 Å². The summed E-state index contributed by atoms with van der Waals surface area (Å²) in [5.41, 5.74) is 10.9. The maximum Gasteiger partial charge on any atom is 0.318 e. The van der Waals surface area contributed by atoms with Crippen molar-refractivity contribution in [3.63, 3.8) is 0 Å². The zero-order valence-corrected chi connectivity index (χ0v) is 10.7. The van der Waals surface area contributed by atoms with Gasteiger partial charge in [-0.3, -0.25) is 15.0 Å². The van der Waals surface area contributed by atoms with Crippen molar-refractivity contribution in [2.75, 3.05) is 13.1 Å². The topological polar surface area (TPSA) is 101 Å². The van der Waals surface area contributed by atoms with Crippen LogP contribution in [0, 0.1) is 5.41 Å². The largest absolute Gasteiger partial charge is 0.351 e. The van der Waals surface area contributed by atoms with Crippen LogP contribution in [-0.4, -0.2) is 42.0 Å². The lowest BCUT2D eigenvalue weighted by Gasteiger charge is -2.44. The van der Waals surface area contributed by atoms with E-state index in [0.717, 1.165) is 19.5 Å². The third-order valence-corrected chi connectivity index (χ3v) is 3.52. The fraction of sp³-hybridized carbons (Fsp3) is 0.818. The molecule has 2 unspecified atom stereocenters. The number of hydrogen-bond acceptors (Lipinski definition) is 4.